The number of ether oxygens (including phenoxy) is 2. The molecular formula is C21H31N3O5. The maximum atomic E-state index is 12.3. The van der Waals surface area contributed by atoms with Gasteiger partial charge >= 0.3 is 12.1 Å². The van der Waals surface area contributed by atoms with Gasteiger partial charge < -0.3 is 30.1 Å². The van der Waals surface area contributed by atoms with Crippen molar-refractivity contribution in [2.24, 2.45) is 0 Å². The van der Waals surface area contributed by atoms with E-state index in [9.17, 15) is 14.7 Å². The van der Waals surface area contributed by atoms with Crippen LogP contribution in [0.2, 0.25) is 0 Å². The third kappa shape index (κ3) is 6.17. The van der Waals surface area contributed by atoms with Gasteiger partial charge in [0.1, 0.15) is 6.10 Å². The van der Waals surface area contributed by atoms with E-state index in [1.807, 2.05) is 0 Å². The predicted molar refractivity (Wildman–Crippen MR) is 108 cm³/mol. The van der Waals surface area contributed by atoms with Crippen molar-refractivity contribution in [3.05, 3.63) is 23.8 Å². The third-order valence-electron chi connectivity index (χ3n) is 5.61. The number of carbonyl (C=O) groups excluding carboxylic acids is 2. The van der Waals surface area contributed by atoms with Gasteiger partial charge in [-0.3, -0.25) is 0 Å². The van der Waals surface area contributed by atoms with Crippen molar-refractivity contribution < 1.29 is 24.2 Å². The minimum absolute atomic E-state index is 0.0306. The van der Waals surface area contributed by atoms with Crippen molar-refractivity contribution >= 4 is 12.1 Å². The Balaban J connectivity index is 1.36. The summed E-state index contributed by atoms with van der Waals surface area (Å²) in [5.41, 5.74) is 0.829. The van der Waals surface area contributed by atoms with Gasteiger partial charge in [-0.1, -0.05) is 12.5 Å². The molecule has 0 radical (unpaired) electrons. The molecule has 8 nitrogen and oxygen atoms in total. The number of phenols is 1. The Kier molecular flexibility index (Phi) is 7.43. The fraction of sp³-hybridized carbons (Fsp3) is 0.619. The zero-order valence-electron chi connectivity index (χ0n) is 17.0. The Labute approximate surface area is 171 Å². The molecule has 1 aliphatic heterocycles. The highest BCUT2D eigenvalue weighted by molar-refractivity contribution is 5.74. The Bertz CT molecular complexity index is 698. The summed E-state index contributed by atoms with van der Waals surface area (Å²) < 4.78 is 10.7. The maximum Gasteiger partial charge on any atom is 0.410 e. The largest absolute Gasteiger partial charge is 0.504 e. The summed E-state index contributed by atoms with van der Waals surface area (Å²) in [5, 5.41) is 15.4. The van der Waals surface area contributed by atoms with E-state index in [0.717, 1.165) is 31.2 Å². The molecule has 1 saturated heterocycles. The lowest BCUT2D eigenvalue weighted by atomic mass is 9.98. The van der Waals surface area contributed by atoms with Crippen molar-refractivity contribution in [1.29, 1.82) is 0 Å². The Morgan fingerprint density at radius 2 is 1.86 bits per heavy atom. The molecule has 1 aromatic carbocycles. The van der Waals surface area contributed by atoms with E-state index in [1.54, 1.807) is 17.0 Å². The zero-order chi connectivity index (χ0) is 20.6. The standard InChI is InChI=1S/C21H31N3O5/c1-28-19-13-15(7-8-18(19)25)14-22-20(26)23-16-9-11-24(12-10-16)21(27)29-17-5-3-2-4-6-17/h7-8,13,16-17,25H,2-6,9-12,14H2,1H3,(H2,22,23,26). The number of methoxy groups -OCH3 is 1. The molecule has 160 valence electrons. The van der Waals surface area contributed by atoms with Crippen LogP contribution in [-0.4, -0.2) is 54.5 Å². The van der Waals surface area contributed by atoms with E-state index in [-0.39, 0.29) is 30.0 Å². The molecule has 3 N–H and O–H groups in total. The molecule has 3 rings (SSSR count). The quantitative estimate of drug-likeness (QED) is 0.699. The Morgan fingerprint density at radius 1 is 1.14 bits per heavy atom. The molecule has 0 atom stereocenters. The first-order valence-electron chi connectivity index (χ1n) is 10.4. The van der Waals surface area contributed by atoms with Crippen LogP contribution in [0.25, 0.3) is 0 Å². The molecule has 1 heterocycles. The van der Waals surface area contributed by atoms with Crippen LogP contribution in [0.15, 0.2) is 18.2 Å². The minimum atomic E-state index is -0.250. The highest BCUT2D eigenvalue weighted by atomic mass is 16.6. The topological polar surface area (TPSA) is 100 Å². The number of benzene rings is 1. The molecule has 0 unspecified atom stereocenters. The van der Waals surface area contributed by atoms with Crippen LogP contribution >= 0.6 is 0 Å². The second kappa shape index (κ2) is 10.2. The smallest absolute Gasteiger partial charge is 0.410 e. The van der Waals surface area contributed by atoms with Gasteiger partial charge in [0, 0.05) is 25.7 Å². The first kappa shape index (κ1) is 21.1. The molecule has 1 aliphatic carbocycles. The number of hydrogen-bond donors (Lipinski definition) is 3. The van der Waals surface area contributed by atoms with Crippen LogP contribution in [-0.2, 0) is 11.3 Å². The molecule has 1 aromatic rings. The van der Waals surface area contributed by atoms with Crippen LogP contribution < -0.4 is 15.4 Å². The molecule has 2 fully saturated rings. The number of piperidine rings is 1. The normalized spacial score (nSPS) is 18.2. The summed E-state index contributed by atoms with van der Waals surface area (Å²) >= 11 is 0. The molecule has 3 amide bonds. The van der Waals surface area contributed by atoms with E-state index in [4.69, 9.17) is 9.47 Å². The SMILES string of the molecule is COc1cc(CNC(=O)NC2CCN(C(=O)OC3CCCCC3)CC2)ccc1O. The van der Waals surface area contributed by atoms with Crippen molar-refractivity contribution in [3.63, 3.8) is 0 Å². The summed E-state index contributed by atoms with van der Waals surface area (Å²) in [5.74, 6) is 0.437. The van der Waals surface area contributed by atoms with E-state index in [2.05, 4.69) is 10.6 Å². The van der Waals surface area contributed by atoms with Gasteiger partial charge in [0.25, 0.3) is 0 Å². The summed E-state index contributed by atoms with van der Waals surface area (Å²) in [7, 11) is 1.48. The number of likely N-dealkylation sites (tertiary alicyclic amines) is 1. The number of carbonyl (C=O) groups is 2. The number of nitrogens with one attached hydrogen (secondary N) is 2. The molecule has 1 saturated carbocycles. The summed E-state index contributed by atoms with van der Waals surface area (Å²) in [6.07, 6.45) is 6.70. The van der Waals surface area contributed by atoms with Gasteiger partial charge in [-0.2, -0.15) is 0 Å². The van der Waals surface area contributed by atoms with Crippen molar-refractivity contribution in [3.8, 4) is 11.5 Å². The third-order valence-corrected chi connectivity index (χ3v) is 5.61. The second-order valence-electron chi connectivity index (χ2n) is 7.74. The van der Waals surface area contributed by atoms with Crippen molar-refractivity contribution in [2.45, 2.75) is 63.6 Å². The minimum Gasteiger partial charge on any atom is -0.504 e. The maximum absolute atomic E-state index is 12.3. The number of aromatic hydroxyl groups is 1. The monoisotopic (exact) mass is 405 g/mol. The number of amides is 3. The fourth-order valence-electron chi connectivity index (χ4n) is 3.86. The highest BCUT2D eigenvalue weighted by Gasteiger charge is 2.27. The molecule has 0 spiro atoms. The highest BCUT2D eigenvalue weighted by Crippen LogP contribution is 2.26. The average Bonchev–Trinajstić information content (AvgIpc) is 2.74. The van der Waals surface area contributed by atoms with Crippen LogP contribution in [0.5, 0.6) is 11.5 Å². The van der Waals surface area contributed by atoms with E-state index in [0.29, 0.717) is 38.2 Å². The van der Waals surface area contributed by atoms with Gasteiger partial charge in [0.2, 0.25) is 0 Å². The van der Waals surface area contributed by atoms with Gasteiger partial charge in [0.15, 0.2) is 11.5 Å². The Hall–Kier alpha value is -2.64. The fourth-order valence-corrected chi connectivity index (χ4v) is 3.86. The van der Waals surface area contributed by atoms with Gasteiger partial charge in [0.05, 0.1) is 7.11 Å². The van der Waals surface area contributed by atoms with E-state index < -0.39 is 0 Å². The van der Waals surface area contributed by atoms with Gasteiger partial charge in [-0.05, 0) is 56.2 Å². The number of hydrogen-bond acceptors (Lipinski definition) is 5. The molecule has 0 aromatic heterocycles. The lowest BCUT2D eigenvalue weighted by Gasteiger charge is -2.33. The number of rotatable bonds is 5. The van der Waals surface area contributed by atoms with E-state index in [1.165, 1.54) is 19.6 Å². The summed E-state index contributed by atoms with van der Waals surface area (Å²) in [6, 6.07) is 4.74. The van der Waals surface area contributed by atoms with Gasteiger partial charge in [-0.15, -0.1) is 0 Å². The van der Waals surface area contributed by atoms with Crippen LogP contribution in [0.3, 0.4) is 0 Å². The Morgan fingerprint density at radius 3 is 2.55 bits per heavy atom. The predicted octanol–water partition coefficient (Wildman–Crippen LogP) is 3.13. The zero-order valence-corrected chi connectivity index (χ0v) is 17.0. The van der Waals surface area contributed by atoms with Gasteiger partial charge in [-0.25, -0.2) is 9.59 Å². The second-order valence-corrected chi connectivity index (χ2v) is 7.74. The molecule has 29 heavy (non-hydrogen) atoms. The van der Waals surface area contributed by atoms with Crippen LogP contribution in [0, 0.1) is 0 Å². The summed E-state index contributed by atoms with van der Waals surface area (Å²) in [6.45, 7) is 1.51. The number of nitrogens with zero attached hydrogens (tertiary/aromatic N) is 1. The molecule has 0 bridgehead atoms. The van der Waals surface area contributed by atoms with Crippen molar-refractivity contribution in [1.82, 2.24) is 15.5 Å². The average molecular weight is 405 g/mol. The van der Waals surface area contributed by atoms with E-state index >= 15 is 0 Å². The van der Waals surface area contributed by atoms with Crippen molar-refractivity contribution in [2.75, 3.05) is 20.2 Å². The molecular weight excluding hydrogens is 374 g/mol. The number of urea groups is 1. The van der Waals surface area contributed by atoms with Crippen LogP contribution in [0.4, 0.5) is 9.59 Å². The number of phenolic OH excluding ortho intramolecular Hbond substituents is 1. The molecule has 2 aliphatic rings. The lowest BCUT2D eigenvalue weighted by Crippen LogP contribution is -2.49. The lowest BCUT2D eigenvalue weighted by molar-refractivity contribution is 0.0400. The molecule has 8 heteroatoms. The first-order chi connectivity index (χ1) is 14.0. The van der Waals surface area contributed by atoms with Crippen LogP contribution in [0.1, 0.15) is 50.5 Å². The first-order valence-corrected chi connectivity index (χ1v) is 10.4. The summed E-state index contributed by atoms with van der Waals surface area (Å²) in [4.78, 5) is 26.2.